The molecule has 1 aromatic carbocycles. The number of aromatic nitrogens is 1. The van der Waals surface area contributed by atoms with E-state index in [1.165, 1.54) is 24.3 Å². The van der Waals surface area contributed by atoms with E-state index in [4.69, 9.17) is 9.26 Å². The molecular weight excluding hydrogens is 340 g/mol. The van der Waals surface area contributed by atoms with Gasteiger partial charge in [0.25, 0.3) is 11.6 Å². The lowest BCUT2D eigenvalue weighted by Gasteiger charge is -2.34. The maximum absolute atomic E-state index is 12.3. The first-order valence-corrected chi connectivity index (χ1v) is 8.31. The topological polar surface area (TPSA) is 102 Å². The van der Waals surface area contributed by atoms with Gasteiger partial charge in [0.1, 0.15) is 5.75 Å². The van der Waals surface area contributed by atoms with Crippen molar-refractivity contribution in [3.63, 3.8) is 0 Å². The zero-order valence-corrected chi connectivity index (χ0v) is 14.5. The Kier molecular flexibility index (Phi) is 5.47. The number of carbonyl (C=O) groups excluding carboxylic acids is 1. The number of non-ortho nitro benzene ring substituents is 1. The molecule has 0 unspecified atom stereocenters. The molecule has 0 saturated carbocycles. The fraction of sp³-hybridized carbons (Fsp3) is 0.412. The van der Waals surface area contributed by atoms with Crippen molar-refractivity contribution in [2.24, 2.45) is 0 Å². The number of piperazine rings is 1. The number of rotatable bonds is 6. The molecule has 0 N–H and O–H groups in total. The van der Waals surface area contributed by atoms with E-state index in [1.807, 2.05) is 13.0 Å². The molecule has 2 heterocycles. The highest BCUT2D eigenvalue weighted by atomic mass is 16.6. The molecule has 1 aromatic heterocycles. The normalized spacial score (nSPS) is 15.0. The van der Waals surface area contributed by atoms with Gasteiger partial charge in [0.15, 0.2) is 12.4 Å². The lowest BCUT2D eigenvalue weighted by molar-refractivity contribution is -0.384. The largest absolute Gasteiger partial charge is 0.484 e. The predicted molar refractivity (Wildman–Crippen MR) is 91.7 cm³/mol. The number of hydrogen-bond donors (Lipinski definition) is 0. The summed E-state index contributed by atoms with van der Waals surface area (Å²) in [6, 6.07) is 7.59. The summed E-state index contributed by atoms with van der Waals surface area (Å²) in [4.78, 5) is 26.4. The molecule has 9 nitrogen and oxygen atoms in total. The third kappa shape index (κ3) is 4.57. The summed E-state index contributed by atoms with van der Waals surface area (Å²) >= 11 is 0. The molecule has 0 atom stereocenters. The van der Waals surface area contributed by atoms with Crippen LogP contribution in [0.1, 0.15) is 11.5 Å². The van der Waals surface area contributed by atoms with Crippen molar-refractivity contribution in [3.8, 4) is 5.75 Å². The Morgan fingerprint density at radius 3 is 2.54 bits per heavy atom. The number of aryl methyl sites for hydroxylation is 1. The second-order valence-electron chi connectivity index (χ2n) is 6.13. The minimum atomic E-state index is -0.478. The highest BCUT2D eigenvalue weighted by molar-refractivity contribution is 5.77. The third-order valence-electron chi connectivity index (χ3n) is 4.19. The molecule has 26 heavy (non-hydrogen) atoms. The Labute approximate surface area is 150 Å². The molecule has 0 aliphatic carbocycles. The first kappa shape index (κ1) is 17.9. The van der Waals surface area contributed by atoms with Crippen molar-refractivity contribution < 1.29 is 19.0 Å². The zero-order valence-electron chi connectivity index (χ0n) is 14.5. The fourth-order valence-corrected chi connectivity index (χ4v) is 2.77. The number of nitrogens with zero attached hydrogens (tertiary/aromatic N) is 4. The summed E-state index contributed by atoms with van der Waals surface area (Å²) in [6.45, 7) is 5.23. The molecule has 2 aromatic rings. The number of nitro groups is 1. The van der Waals surface area contributed by atoms with Gasteiger partial charge in [0.05, 0.1) is 17.2 Å². The van der Waals surface area contributed by atoms with Crippen molar-refractivity contribution >= 4 is 11.6 Å². The van der Waals surface area contributed by atoms with Crippen LogP contribution in [0, 0.1) is 17.0 Å². The van der Waals surface area contributed by atoms with E-state index in [2.05, 4.69) is 10.1 Å². The van der Waals surface area contributed by atoms with Crippen LogP contribution in [0.2, 0.25) is 0 Å². The van der Waals surface area contributed by atoms with E-state index in [0.29, 0.717) is 25.4 Å². The van der Waals surface area contributed by atoms with Gasteiger partial charge >= 0.3 is 0 Å². The molecule has 0 spiro atoms. The minimum Gasteiger partial charge on any atom is -0.484 e. The van der Waals surface area contributed by atoms with Crippen molar-refractivity contribution in [1.82, 2.24) is 15.0 Å². The van der Waals surface area contributed by atoms with Gasteiger partial charge in [-0.2, -0.15) is 0 Å². The van der Waals surface area contributed by atoms with Crippen molar-refractivity contribution in [1.29, 1.82) is 0 Å². The molecule has 1 aliphatic heterocycles. The van der Waals surface area contributed by atoms with Crippen molar-refractivity contribution in [2.45, 2.75) is 13.5 Å². The Hall–Kier alpha value is -2.94. The second kappa shape index (κ2) is 7.96. The average Bonchev–Trinajstić information content (AvgIpc) is 3.05. The second-order valence-corrected chi connectivity index (χ2v) is 6.13. The van der Waals surface area contributed by atoms with E-state index in [-0.39, 0.29) is 18.2 Å². The molecule has 9 heteroatoms. The maximum Gasteiger partial charge on any atom is 0.269 e. The monoisotopic (exact) mass is 360 g/mol. The molecule has 0 bridgehead atoms. The Balaban J connectivity index is 1.42. The number of ether oxygens (including phenoxy) is 1. The van der Waals surface area contributed by atoms with E-state index in [0.717, 1.165) is 24.5 Å². The van der Waals surface area contributed by atoms with Gasteiger partial charge in [-0.25, -0.2) is 0 Å². The number of benzene rings is 1. The summed E-state index contributed by atoms with van der Waals surface area (Å²) in [7, 11) is 0. The predicted octanol–water partition coefficient (Wildman–Crippen LogP) is 1.61. The molecule has 1 fully saturated rings. The van der Waals surface area contributed by atoms with Gasteiger partial charge in [0, 0.05) is 44.4 Å². The number of nitro benzene ring substituents is 1. The van der Waals surface area contributed by atoms with Gasteiger partial charge < -0.3 is 14.2 Å². The van der Waals surface area contributed by atoms with Crippen molar-refractivity contribution in [2.75, 3.05) is 32.8 Å². The van der Waals surface area contributed by atoms with Gasteiger partial charge in [-0.1, -0.05) is 5.16 Å². The van der Waals surface area contributed by atoms with E-state index >= 15 is 0 Å². The average molecular weight is 360 g/mol. The Morgan fingerprint density at radius 2 is 1.96 bits per heavy atom. The van der Waals surface area contributed by atoms with E-state index in [9.17, 15) is 14.9 Å². The summed E-state index contributed by atoms with van der Waals surface area (Å²) in [6.07, 6.45) is 0. The lowest BCUT2D eigenvalue weighted by Crippen LogP contribution is -2.49. The zero-order chi connectivity index (χ0) is 18.5. The number of hydrogen-bond acceptors (Lipinski definition) is 7. The lowest BCUT2D eigenvalue weighted by atomic mass is 10.3. The first-order chi connectivity index (χ1) is 12.5. The fourth-order valence-electron chi connectivity index (χ4n) is 2.77. The molecule has 1 aliphatic rings. The van der Waals surface area contributed by atoms with Crippen LogP contribution in [-0.4, -0.2) is 58.6 Å². The smallest absolute Gasteiger partial charge is 0.269 e. The first-order valence-electron chi connectivity index (χ1n) is 8.31. The highest BCUT2D eigenvalue weighted by Gasteiger charge is 2.22. The molecule has 1 amide bonds. The number of amides is 1. The summed E-state index contributed by atoms with van der Waals surface area (Å²) in [5.41, 5.74) is 0.846. The van der Waals surface area contributed by atoms with Crippen LogP contribution in [0.5, 0.6) is 5.75 Å². The molecule has 0 radical (unpaired) electrons. The SMILES string of the molecule is Cc1cc(CN2CCN(C(=O)COc3ccc([N+](=O)[O-])cc3)CC2)on1. The van der Waals surface area contributed by atoms with Crippen LogP contribution in [0.3, 0.4) is 0 Å². The minimum absolute atomic E-state index is 0.0123. The standard InChI is InChI=1S/C17H20N4O5/c1-13-10-16(26-18-13)11-19-6-8-20(9-7-19)17(22)12-25-15-4-2-14(3-5-15)21(23)24/h2-5,10H,6-9,11-12H2,1H3. The van der Waals surface area contributed by atoms with Gasteiger partial charge in [-0.15, -0.1) is 0 Å². The summed E-state index contributed by atoms with van der Waals surface area (Å²) in [5, 5.41) is 14.5. The maximum atomic E-state index is 12.3. The van der Waals surface area contributed by atoms with Crippen LogP contribution in [0.25, 0.3) is 0 Å². The highest BCUT2D eigenvalue weighted by Crippen LogP contribution is 2.17. The van der Waals surface area contributed by atoms with Crippen LogP contribution < -0.4 is 4.74 Å². The van der Waals surface area contributed by atoms with Crippen LogP contribution in [0.4, 0.5) is 5.69 Å². The van der Waals surface area contributed by atoms with E-state index in [1.54, 1.807) is 4.90 Å². The van der Waals surface area contributed by atoms with Gasteiger partial charge in [-0.05, 0) is 19.1 Å². The molecule has 1 saturated heterocycles. The number of carbonyl (C=O) groups is 1. The molecule has 3 rings (SSSR count). The van der Waals surface area contributed by atoms with Crippen LogP contribution >= 0.6 is 0 Å². The van der Waals surface area contributed by atoms with Gasteiger partial charge in [-0.3, -0.25) is 19.8 Å². The van der Waals surface area contributed by atoms with Crippen LogP contribution in [-0.2, 0) is 11.3 Å². The summed E-state index contributed by atoms with van der Waals surface area (Å²) in [5.74, 6) is 1.16. The third-order valence-corrected chi connectivity index (χ3v) is 4.19. The Morgan fingerprint density at radius 1 is 1.27 bits per heavy atom. The molecule has 138 valence electrons. The van der Waals surface area contributed by atoms with Gasteiger partial charge in [0.2, 0.25) is 0 Å². The van der Waals surface area contributed by atoms with Crippen molar-refractivity contribution in [3.05, 3.63) is 51.9 Å². The van der Waals surface area contributed by atoms with E-state index < -0.39 is 4.92 Å². The van der Waals surface area contributed by atoms with Crippen LogP contribution in [0.15, 0.2) is 34.9 Å². The molecular formula is C17H20N4O5. The quantitative estimate of drug-likeness (QED) is 0.570. The Bertz CT molecular complexity index is 766. The summed E-state index contributed by atoms with van der Waals surface area (Å²) < 4.78 is 10.6.